The molecule has 126 valence electrons. The molecular formula is C17H16F3N3S. The molecule has 0 aromatic carbocycles. The van der Waals surface area contributed by atoms with Crippen molar-refractivity contribution in [3.63, 3.8) is 0 Å². The summed E-state index contributed by atoms with van der Waals surface area (Å²) in [6.45, 7) is 2.05. The zero-order chi connectivity index (χ0) is 17.6. The Hall–Kier alpha value is -2.07. The van der Waals surface area contributed by atoms with Gasteiger partial charge in [-0.3, -0.25) is 4.98 Å². The molecule has 2 aromatic heterocycles. The lowest BCUT2D eigenvalue weighted by Gasteiger charge is -2.14. The van der Waals surface area contributed by atoms with E-state index in [1.54, 1.807) is 18.2 Å². The lowest BCUT2D eigenvalue weighted by molar-refractivity contribution is -0.138. The van der Waals surface area contributed by atoms with Crippen molar-refractivity contribution in [1.82, 2.24) is 9.97 Å². The minimum atomic E-state index is -4.60. The fourth-order valence-corrected chi connectivity index (χ4v) is 3.15. The molecule has 2 aromatic rings. The second-order valence-corrected chi connectivity index (χ2v) is 6.22. The summed E-state index contributed by atoms with van der Waals surface area (Å²) in [7, 11) is 0. The van der Waals surface area contributed by atoms with Crippen LogP contribution < -0.4 is 0 Å². The van der Waals surface area contributed by atoms with E-state index in [1.165, 1.54) is 24.2 Å². The van der Waals surface area contributed by atoms with Gasteiger partial charge in [-0.2, -0.15) is 18.4 Å². The molecule has 2 heterocycles. The van der Waals surface area contributed by atoms with Crippen LogP contribution in [0.1, 0.15) is 37.3 Å². The summed E-state index contributed by atoms with van der Waals surface area (Å²) in [5.74, 6) is 0.632. The maximum atomic E-state index is 13.4. The van der Waals surface area contributed by atoms with Gasteiger partial charge in [0.15, 0.2) is 0 Å². The van der Waals surface area contributed by atoms with Gasteiger partial charge in [-0.15, -0.1) is 11.8 Å². The van der Waals surface area contributed by atoms with Crippen molar-refractivity contribution >= 4 is 11.8 Å². The third-order valence-electron chi connectivity index (χ3n) is 3.37. The number of pyridine rings is 2. The Labute approximate surface area is 142 Å². The van der Waals surface area contributed by atoms with Crippen LogP contribution in [0.3, 0.4) is 0 Å². The zero-order valence-electron chi connectivity index (χ0n) is 13.1. The highest BCUT2D eigenvalue weighted by Gasteiger charge is 2.36. The molecule has 0 saturated heterocycles. The highest BCUT2D eigenvalue weighted by atomic mass is 32.2. The average molecular weight is 351 g/mol. The summed E-state index contributed by atoms with van der Waals surface area (Å²) in [5.41, 5.74) is -0.608. The van der Waals surface area contributed by atoms with E-state index in [4.69, 9.17) is 0 Å². The summed E-state index contributed by atoms with van der Waals surface area (Å²) < 4.78 is 40.1. The minimum Gasteiger partial charge on any atom is -0.265 e. The predicted octanol–water partition coefficient (Wildman–Crippen LogP) is 5.32. The lowest BCUT2D eigenvalue weighted by atomic mass is 10.1. The predicted molar refractivity (Wildman–Crippen MR) is 87.4 cm³/mol. The molecule has 0 fully saturated rings. The van der Waals surface area contributed by atoms with E-state index in [1.807, 2.05) is 0 Å². The molecular weight excluding hydrogens is 335 g/mol. The smallest absolute Gasteiger partial charge is 0.265 e. The maximum Gasteiger partial charge on any atom is 0.417 e. The molecule has 0 bridgehead atoms. The van der Waals surface area contributed by atoms with Gasteiger partial charge in [-0.1, -0.05) is 19.8 Å². The molecule has 7 heteroatoms. The summed E-state index contributed by atoms with van der Waals surface area (Å²) >= 11 is 1.20. The number of aromatic nitrogens is 2. The number of nitriles is 1. The van der Waals surface area contributed by atoms with Gasteiger partial charge in [0, 0.05) is 18.0 Å². The van der Waals surface area contributed by atoms with Gasteiger partial charge in [0.25, 0.3) is 0 Å². The molecule has 0 aliphatic rings. The van der Waals surface area contributed by atoms with Crippen LogP contribution >= 0.6 is 11.8 Å². The average Bonchev–Trinajstić information content (AvgIpc) is 2.58. The van der Waals surface area contributed by atoms with E-state index in [0.29, 0.717) is 11.3 Å². The Morgan fingerprint density at radius 2 is 1.92 bits per heavy atom. The topological polar surface area (TPSA) is 49.6 Å². The molecule has 24 heavy (non-hydrogen) atoms. The maximum absolute atomic E-state index is 13.4. The SMILES string of the molecule is CCCCCSc1nc(-c2ccncc2)cc(C(F)(F)F)c1C#N. The van der Waals surface area contributed by atoms with Crippen LogP contribution in [0.4, 0.5) is 13.2 Å². The number of hydrogen-bond donors (Lipinski definition) is 0. The Bertz CT molecular complexity index is 724. The number of rotatable bonds is 6. The molecule has 0 radical (unpaired) electrons. The van der Waals surface area contributed by atoms with Crippen molar-refractivity contribution in [2.75, 3.05) is 5.75 Å². The fraction of sp³-hybridized carbons (Fsp3) is 0.353. The van der Waals surface area contributed by atoms with E-state index < -0.39 is 17.3 Å². The summed E-state index contributed by atoms with van der Waals surface area (Å²) in [4.78, 5) is 8.16. The molecule has 3 nitrogen and oxygen atoms in total. The van der Waals surface area contributed by atoms with Gasteiger partial charge in [0.05, 0.1) is 16.8 Å². The first kappa shape index (κ1) is 18.3. The number of unbranched alkanes of at least 4 members (excludes halogenated alkanes) is 2. The van der Waals surface area contributed by atoms with Crippen LogP contribution in [0.25, 0.3) is 11.3 Å². The van der Waals surface area contributed by atoms with Crippen molar-refractivity contribution in [2.45, 2.75) is 37.4 Å². The standard InChI is InChI=1S/C17H16F3N3S/c1-2-3-4-9-24-16-13(11-21)14(17(18,19)20)10-15(23-16)12-5-7-22-8-6-12/h5-8,10H,2-4,9H2,1H3. The zero-order valence-corrected chi connectivity index (χ0v) is 13.9. The normalized spacial score (nSPS) is 11.3. The molecule has 0 aliphatic carbocycles. The largest absolute Gasteiger partial charge is 0.417 e. The van der Waals surface area contributed by atoms with E-state index in [2.05, 4.69) is 16.9 Å². The van der Waals surface area contributed by atoms with Crippen LogP contribution in [0.15, 0.2) is 35.6 Å². The van der Waals surface area contributed by atoms with Gasteiger partial charge in [0.2, 0.25) is 0 Å². The number of nitrogens with zero attached hydrogens (tertiary/aromatic N) is 3. The number of halogens is 3. The van der Waals surface area contributed by atoms with E-state index in [9.17, 15) is 18.4 Å². The van der Waals surface area contributed by atoms with Crippen molar-refractivity contribution in [1.29, 1.82) is 5.26 Å². The Morgan fingerprint density at radius 3 is 2.50 bits per heavy atom. The third-order valence-corrected chi connectivity index (χ3v) is 4.43. The molecule has 0 amide bonds. The Kier molecular flexibility index (Phi) is 6.21. The summed E-state index contributed by atoms with van der Waals surface area (Å²) in [6.07, 6.45) is 1.27. The Morgan fingerprint density at radius 1 is 1.21 bits per heavy atom. The summed E-state index contributed by atoms with van der Waals surface area (Å²) in [6, 6.07) is 5.80. The van der Waals surface area contributed by atoms with Crippen molar-refractivity contribution in [3.05, 3.63) is 41.7 Å². The molecule has 0 unspecified atom stereocenters. The highest BCUT2D eigenvalue weighted by Crippen LogP contribution is 2.38. The Balaban J connectivity index is 2.49. The van der Waals surface area contributed by atoms with Gasteiger partial charge >= 0.3 is 6.18 Å². The highest BCUT2D eigenvalue weighted by molar-refractivity contribution is 7.99. The van der Waals surface area contributed by atoms with Gasteiger partial charge in [-0.05, 0) is 30.4 Å². The molecule has 2 rings (SSSR count). The van der Waals surface area contributed by atoms with Crippen LogP contribution in [-0.4, -0.2) is 15.7 Å². The molecule has 0 atom stereocenters. The fourth-order valence-electron chi connectivity index (χ4n) is 2.15. The first-order chi connectivity index (χ1) is 11.5. The minimum absolute atomic E-state index is 0.134. The summed E-state index contributed by atoms with van der Waals surface area (Å²) in [5, 5.41) is 9.35. The molecule has 0 N–H and O–H groups in total. The second kappa shape index (κ2) is 8.15. The van der Waals surface area contributed by atoms with E-state index in [-0.39, 0.29) is 10.7 Å². The van der Waals surface area contributed by atoms with Gasteiger partial charge in [0.1, 0.15) is 11.1 Å². The van der Waals surface area contributed by atoms with Gasteiger partial charge in [-0.25, -0.2) is 4.98 Å². The van der Waals surface area contributed by atoms with Crippen LogP contribution in [-0.2, 0) is 6.18 Å². The monoisotopic (exact) mass is 351 g/mol. The molecule has 0 saturated carbocycles. The lowest BCUT2D eigenvalue weighted by Crippen LogP contribution is -2.10. The molecule has 0 spiro atoms. The number of alkyl halides is 3. The first-order valence-corrected chi connectivity index (χ1v) is 8.51. The van der Waals surface area contributed by atoms with Crippen molar-refractivity contribution in [3.8, 4) is 17.3 Å². The number of hydrogen-bond acceptors (Lipinski definition) is 4. The van der Waals surface area contributed by atoms with Crippen molar-refractivity contribution < 1.29 is 13.2 Å². The quantitative estimate of drug-likeness (QED) is 0.522. The third kappa shape index (κ3) is 4.48. The van der Waals surface area contributed by atoms with E-state index >= 15 is 0 Å². The number of thioether (sulfide) groups is 1. The molecule has 0 aliphatic heterocycles. The van der Waals surface area contributed by atoms with Crippen LogP contribution in [0.5, 0.6) is 0 Å². The van der Waals surface area contributed by atoms with Crippen LogP contribution in [0, 0.1) is 11.3 Å². The first-order valence-electron chi connectivity index (χ1n) is 7.53. The second-order valence-electron chi connectivity index (χ2n) is 5.14. The van der Waals surface area contributed by atoms with Crippen molar-refractivity contribution in [2.24, 2.45) is 0 Å². The van der Waals surface area contributed by atoms with Gasteiger partial charge < -0.3 is 0 Å². The van der Waals surface area contributed by atoms with E-state index in [0.717, 1.165) is 25.3 Å². The van der Waals surface area contributed by atoms with Crippen LogP contribution in [0.2, 0.25) is 0 Å².